The van der Waals surface area contributed by atoms with Gasteiger partial charge in [0.25, 0.3) is 0 Å². The number of carbonyl (C=O) groups excluding carboxylic acids is 1. The highest BCUT2D eigenvalue weighted by Crippen LogP contribution is 2.36. The van der Waals surface area contributed by atoms with Crippen LogP contribution in [0.3, 0.4) is 0 Å². The van der Waals surface area contributed by atoms with E-state index >= 15 is 0 Å². The average Bonchev–Trinajstić information content (AvgIpc) is 2.88. The van der Waals surface area contributed by atoms with Gasteiger partial charge in [0.2, 0.25) is 5.88 Å². The number of ether oxygens (including phenoxy) is 2. The molecule has 2 heterocycles. The summed E-state index contributed by atoms with van der Waals surface area (Å²) in [5.74, 6) is 0.197. The smallest absolute Gasteiger partial charge is 0.357 e. The lowest BCUT2D eigenvalue weighted by molar-refractivity contribution is 0.0594. The Kier molecular flexibility index (Phi) is 3.57. The maximum Gasteiger partial charge on any atom is 0.357 e. The van der Waals surface area contributed by atoms with E-state index in [0.29, 0.717) is 16.6 Å². The molecule has 0 spiro atoms. The summed E-state index contributed by atoms with van der Waals surface area (Å²) < 4.78 is 11.7. The van der Waals surface area contributed by atoms with Crippen LogP contribution in [0, 0.1) is 13.8 Å². The summed E-state index contributed by atoms with van der Waals surface area (Å²) in [4.78, 5) is 16.7. The van der Waals surface area contributed by atoms with Gasteiger partial charge in [-0.25, -0.2) is 14.5 Å². The van der Waals surface area contributed by atoms with E-state index in [1.54, 1.807) is 18.8 Å². The first kappa shape index (κ1) is 13.5. The first-order chi connectivity index (χ1) is 8.99. The maximum absolute atomic E-state index is 11.6. The Labute approximate surface area is 115 Å². The van der Waals surface area contributed by atoms with E-state index in [1.165, 1.54) is 18.4 Å². The molecule has 0 aliphatic carbocycles. The zero-order valence-electron chi connectivity index (χ0n) is 11.5. The van der Waals surface area contributed by atoms with Gasteiger partial charge in [0.05, 0.1) is 25.5 Å². The second kappa shape index (κ2) is 5.00. The summed E-state index contributed by atoms with van der Waals surface area (Å²) in [5.41, 5.74) is 1.96. The largest absolute Gasteiger partial charge is 0.481 e. The van der Waals surface area contributed by atoms with E-state index in [0.717, 1.165) is 16.1 Å². The summed E-state index contributed by atoms with van der Waals surface area (Å²) in [6, 6.07) is 0. The van der Waals surface area contributed by atoms with Gasteiger partial charge in [-0.3, -0.25) is 0 Å². The van der Waals surface area contributed by atoms with Crippen molar-refractivity contribution in [3.8, 4) is 16.5 Å². The first-order valence-electron chi connectivity index (χ1n) is 5.63. The third kappa shape index (κ3) is 2.21. The molecule has 0 radical (unpaired) electrons. The van der Waals surface area contributed by atoms with Crippen molar-refractivity contribution in [3.05, 3.63) is 16.3 Å². The number of esters is 1. The fraction of sp³-hybridized carbons (Fsp3) is 0.417. The highest BCUT2D eigenvalue weighted by Gasteiger charge is 2.23. The normalized spacial score (nSPS) is 10.6. The van der Waals surface area contributed by atoms with Crippen LogP contribution < -0.4 is 4.74 Å². The van der Waals surface area contributed by atoms with Crippen molar-refractivity contribution in [3.63, 3.8) is 0 Å². The van der Waals surface area contributed by atoms with E-state index < -0.39 is 5.97 Å². The van der Waals surface area contributed by atoms with Crippen molar-refractivity contribution in [2.24, 2.45) is 7.05 Å². The molecule has 6 nitrogen and oxygen atoms in total. The van der Waals surface area contributed by atoms with Crippen molar-refractivity contribution in [1.82, 2.24) is 14.8 Å². The second-order valence-electron chi connectivity index (χ2n) is 4.01. The van der Waals surface area contributed by atoms with Gasteiger partial charge >= 0.3 is 5.97 Å². The molecule has 0 aliphatic rings. The quantitative estimate of drug-likeness (QED) is 0.805. The van der Waals surface area contributed by atoms with Crippen LogP contribution in [-0.4, -0.2) is 35.0 Å². The molecule has 0 unspecified atom stereocenters. The van der Waals surface area contributed by atoms with Crippen LogP contribution in [0.2, 0.25) is 0 Å². The van der Waals surface area contributed by atoms with Crippen LogP contribution in [0.4, 0.5) is 0 Å². The number of carbonyl (C=O) groups is 1. The Morgan fingerprint density at radius 1 is 1.32 bits per heavy atom. The average molecular weight is 281 g/mol. The van der Waals surface area contributed by atoms with Crippen LogP contribution in [0.5, 0.6) is 5.88 Å². The number of rotatable bonds is 3. The number of hydrogen-bond donors (Lipinski definition) is 0. The molecule has 19 heavy (non-hydrogen) atoms. The molecule has 0 fully saturated rings. The number of methoxy groups -OCH3 is 2. The highest BCUT2D eigenvalue weighted by molar-refractivity contribution is 7.15. The molecule has 0 saturated heterocycles. The maximum atomic E-state index is 11.6. The van der Waals surface area contributed by atoms with Crippen LogP contribution in [0.1, 0.15) is 21.1 Å². The van der Waals surface area contributed by atoms with E-state index in [9.17, 15) is 4.79 Å². The summed E-state index contributed by atoms with van der Waals surface area (Å²) >= 11 is 1.42. The van der Waals surface area contributed by atoms with Gasteiger partial charge in [-0.2, -0.15) is 5.10 Å². The first-order valence-corrected chi connectivity index (χ1v) is 6.45. The monoisotopic (exact) mass is 281 g/mol. The minimum absolute atomic E-state index is 0.341. The van der Waals surface area contributed by atoms with Crippen LogP contribution in [0.15, 0.2) is 0 Å². The lowest BCUT2D eigenvalue weighted by Gasteiger charge is -2.01. The number of hydrogen-bond acceptors (Lipinski definition) is 6. The van der Waals surface area contributed by atoms with Crippen LogP contribution in [0.25, 0.3) is 10.6 Å². The molecule has 2 aromatic heterocycles. The minimum Gasteiger partial charge on any atom is -0.481 e. The van der Waals surface area contributed by atoms with Gasteiger partial charge in [-0.05, 0) is 13.8 Å². The molecular weight excluding hydrogens is 266 g/mol. The highest BCUT2D eigenvalue weighted by atomic mass is 32.1. The third-order valence-electron chi connectivity index (χ3n) is 2.75. The topological polar surface area (TPSA) is 66.2 Å². The van der Waals surface area contributed by atoms with Gasteiger partial charge in [0, 0.05) is 11.9 Å². The number of nitrogens with zero attached hydrogens (tertiary/aromatic N) is 3. The Morgan fingerprint density at radius 2 is 2.00 bits per heavy atom. The van der Waals surface area contributed by atoms with E-state index in [1.807, 2.05) is 13.8 Å². The molecule has 0 atom stereocenters. The van der Waals surface area contributed by atoms with Crippen molar-refractivity contribution in [2.45, 2.75) is 13.8 Å². The number of thiazole rings is 1. The Balaban J connectivity index is 2.57. The molecule has 7 heteroatoms. The van der Waals surface area contributed by atoms with E-state index in [4.69, 9.17) is 9.47 Å². The second-order valence-corrected chi connectivity index (χ2v) is 5.21. The SMILES string of the molecule is COC(=O)c1nc(-c2c(C)nn(C)c2OC)sc1C. The van der Waals surface area contributed by atoms with Crippen molar-refractivity contribution >= 4 is 17.3 Å². The Hall–Kier alpha value is -1.89. The predicted octanol–water partition coefficient (Wildman–Crippen LogP) is 1.96. The zero-order chi connectivity index (χ0) is 14.2. The molecule has 102 valence electrons. The predicted molar refractivity (Wildman–Crippen MR) is 71.7 cm³/mol. The zero-order valence-corrected chi connectivity index (χ0v) is 12.3. The van der Waals surface area contributed by atoms with Gasteiger partial charge in [0.15, 0.2) is 5.69 Å². The minimum atomic E-state index is -0.430. The number of aryl methyl sites for hydroxylation is 3. The van der Waals surface area contributed by atoms with Crippen molar-refractivity contribution in [1.29, 1.82) is 0 Å². The fourth-order valence-electron chi connectivity index (χ4n) is 1.91. The molecule has 0 bridgehead atoms. The van der Waals surface area contributed by atoms with Crippen molar-refractivity contribution < 1.29 is 14.3 Å². The molecule has 0 saturated carbocycles. The lowest BCUT2D eigenvalue weighted by atomic mass is 10.2. The molecule has 0 N–H and O–H groups in total. The summed E-state index contributed by atoms with van der Waals surface area (Å²) in [7, 11) is 4.73. The lowest BCUT2D eigenvalue weighted by Crippen LogP contribution is -2.03. The molecular formula is C12H15N3O3S. The summed E-state index contributed by atoms with van der Waals surface area (Å²) in [6.45, 7) is 3.72. The summed E-state index contributed by atoms with van der Waals surface area (Å²) in [5, 5.41) is 5.01. The molecule has 2 rings (SSSR count). The van der Waals surface area contributed by atoms with Crippen LogP contribution in [-0.2, 0) is 11.8 Å². The standard InChI is InChI=1S/C12H15N3O3S/c1-6-8(11(17-4)15(3)14-6)10-13-9(7(2)19-10)12(16)18-5/h1-5H3. The Bertz CT molecular complexity index is 630. The molecule has 0 aromatic carbocycles. The summed E-state index contributed by atoms with van der Waals surface area (Å²) in [6.07, 6.45) is 0. The van der Waals surface area contributed by atoms with Gasteiger partial charge < -0.3 is 9.47 Å². The molecule has 0 amide bonds. The van der Waals surface area contributed by atoms with Gasteiger partial charge in [-0.15, -0.1) is 11.3 Å². The van der Waals surface area contributed by atoms with Crippen molar-refractivity contribution in [2.75, 3.05) is 14.2 Å². The Morgan fingerprint density at radius 3 is 2.58 bits per heavy atom. The van der Waals surface area contributed by atoms with E-state index in [-0.39, 0.29) is 0 Å². The molecule has 2 aromatic rings. The third-order valence-corrected chi connectivity index (χ3v) is 3.74. The van der Waals surface area contributed by atoms with E-state index in [2.05, 4.69) is 10.1 Å². The fourth-order valence-corrected chi connectivity index (χ4v) is 2.90. The molecule has 0 aliphatic heterocycles. The van der Waals surface area contributed by atoms with Crippen LogP contribution >= 0.6 is 11.3 Å². The number of aromatic nitrogens is 3. The van der Waals surface area contributed by atoms with Gasteiger partial charge in [0.1, 0.15) is 5.01 Å². The van der Waals surface area contributed by atoms with Gasteiger partial charge in [-0.1, -0.05) is 0 Å².